The highest BCUT2D eigenvalue weighted by Crippen LogP contribution is 2.15. The first-order valence-electron chi connectivity index (χ1n) is 7.99. The van der Waals surface area contributed by atoms with Crippen molar-refractivity contribution in [3.05, 3.63) is 90.0 Å². The van der Waals surface area contributed by atoms with E-state index in [1.165, 1.54) is 48.5 Å². The van der Waals surface area contributed by atoms with Gasteiger partial charge in [-0.2, -0.15) is 0 Å². The standard InChI is InChI=1S/C19H16FN3O3S/c20-16-4-2-5-17(12-16)23-19(24)15-3-1-6-18(11-15)27(25,26)22-13-14-7-9-21-10-8-14/h1-12,22H,13H2,(H,23,24). The molecule has 0 atom stereocenters. The number of pyridine rings is 1. The molecular weight excluding hydrogens is 369 g/mol. The van der Waals surface area contributed by atoms with Crippen molar-refractivity contribution in [3.63, 3.8) is 0 Å². The van der Waals surface area contributed by atoms with Crippen LogP contribution in [0, 0.1) is 5.82 Å². The van der Waals surface area contributed by atoms with Gasteiger partial charge in [0, 0.05) is 30.2 Å². The van der Waals surface area contributed by atoms with Crippen LogP contribution in [0.3, 0.4) is 0 Å². The number of hydrogen-bond donors (Lipinski definition) is 2. The third-order valence-corrected chi connectivity index (χ3v) is 5.10. The van der Waals surface area contributed by atoms with E-state index in [-0.39, 0.29) is 22.7 Å². The molecule has 0 saturated carbocycles. The van der Waals surface area contributed by atoms with Crippen molar-refractivity contribution in [2.75, 3.05) is 5.32 Å². The summed E-state index contributed by atoms with van der Waals surface area (Å²) in [6.45, 7) is 0.102. The van der Waals surface area contributed by atoms with Crippen LogP contribution in [0.2, 0.25) is 0 Å². The zero-order chi connectivity index (χ0) is 19.3. The van der Waals surface area contributed by atoms with E-state index in [1.807, 2.05) is 0 Å². The molecule has 0 fully saturated rings. The van der Waals surface area contributed by atoms with Gasteiger partial charge in [-0.3, -0.25) is 9.78 Å². The Morgan fingerprint density at radius 1 is 1.00 bits per heavy atom. The normalized spacial score (nSPS) is 11.1. The number of carbonyl (C=O) groups is 1. The lowest BCUT2D eigenvalue weighted by molar-refractivity contribution is 0.102. The van der Waals surface area contributed by atoms with Crippen molar-refractivity contribution in [1.29, 1.82) is 0 Å². The lowest BCUT2D eigenvalue weighted by atomic mass is 10.2. The van der Waals surface area contributed by atoms with Gasteiger partial charge in [0.1, 0.15) is 5.82 Å². The number of halogens is 1. The number of aromatic nitrogens is 1. The van der Waals surface area contributed by atoms with E-state index in [0.717, 1.165) is 5.56 Å². The summed E-state index contributed by atoms with van der Waals surface area (Å²) in [7, 11) is -3.80. The summed E-state index contributed by atoms with van der Waals surface area (Å²) in [4.78, 5) is 16.2. The minimum absolute atomic E-state index is 0.0385. The van der Waals surface area contributed by atoms with Gasteiger partial charge in [-0.15, -0.1) is 0 Å². The fraction of sp³-hybridized carbons (Fsp3) is 0.0526. The van der Waals surface area contributed by atoms with Crippen LogP contribution in [0.15, 0.2) is 78.0 Å². The number of rotatable bonds is 6. The SMILES string of the molecule is O=C(Nc1cccc(F)c1)c1cccc(S(=O)(=O)NCc2ccncc2)c1. The molecule has 2 N–H and O–H groups in total. The zero-order valence-electron chi connectivity index (χ0n) is 14.1. The van der Waals surface area contributed by atoms with Crippen molar-refractivity contribution < 1.29 is 17.6 Å². The Kier molecular flexibility index (Phi) is 5.58. The second-order valence-electron chi connectivity index (χ2n) is 5.67. The molecule has 3 aromatic rings. The van der Waals surface area contributed by atoms with Crippen LogP contribution in [0.25, 0.3) is 0 Å². The van der Waals surface area contributed by atoms with E-state index >= 15 is 0 Å². The van der Waals surface area contributed by atoms with E-state index in [0.29, 0.717) is 0 Å². The molecule has 8 heteroatoms. The molecule has 0 bridgehead atoms. The van der Waals surface area contributed by atoms with Gasteiger partial charge < -0.3 is 5.32 Å². The molecule has 1 amide bonds. The third-order valence-electron chi connectivity index (χ3n) is 3.70. The van der Waals surface area contributed by atoms with Crippen LogP contribution in [0.5, 0.6) is 0 Å². The van der Waals surface area contributed by atoms with E-state index in [9.17, 15) is 17.6 Å². The molecule has 0 saturated heterocycles. The van der Waals surface area contributed by atoms with Crippen molar-refractivity contribution in [2.24, 2.45) is 0 Å². The lowest BCUT2D eigenvalue weighted by Crippen LogP contribution is -2.23. The van der Waals surface area contributed by atoms with Gasteiger partial charge in [0.15, 0.2) is 0 Å². The van der Waals surface area contributed by atoms with Crippen LogP contribution in [-0.4, -0.2) is 19.3 Å². The number of nitrogens with zero attached hydrogens (tertiary/aromatic N) is 1. The topological polar surface area (TPSA) is 88.2 Å². The highest BCUT2D eigenvalue weighted by molar-refractivity contribution is 7.89. The molecule has 0 aliphatic heterocycles. The summed E-state index contributed by atoms with van der Waals surface area (Å²) in [6.07, 6.45) is 3.14. The molecule has 0 aliphatic rings. The van der Waals surface area contributed by atoms with Crippen LogP contribution in [-0.2, 0) is 16.6 Å². The molecule has 27 heavy (non-hydrogen) atoms. The number of carbonyl (C=O) groups excluding carboxylic acids is 1. The summed E-state index contributed by atoms with van der Waals surface area (Å²) in [6, 6.07) is 14.5. The fourth-order valence-electron chi connectivity index (χ4n) is 2.34. The molecule has 1 heterocycles. The predicted molar refractivity (Wildman–Crippen MR) is 99.1 cm³/mol. The quantitative estimate of drug-likeness (QED) is 0.683. The number of amides is 1. The van der Waals surface area contributed by atoms with Crippen molar-refractivity contribution >= 4 is 21.6 Å². The van der Waals surface area contributed by atoms with Gasteiger partial charge in [0.2, 0.25) is 10.0 Å². The highest BCUT2D eigenvalue weighted by Gasteiger charge is 2.16. The van der Waals surface area contributed by atoms with E-state index in [1.54, 1.807) is 24.5 Å². The maximum absolute atomic E-state index is 13.2. The minimum atomic E-state index is -3.80. The monoisotopic (exact) mass is 385 g/mol. The first-order valence-corrected chi connectivity index (χ1v) is 9.48. The Balaban J connectivity index is 1.74. The second kappa shape index (κ2) is 8.07. The van der Waals surface area contributed by atoms with Gasteiger partial charge in [-0.1, -0.05) is 12.1 Å². The Hall–Kier alpha value is -3.10. The largest absolute Gasteiger partial charge is 0.322 e. The molecule has 0 unspecified atom stereocenters. The smallest absolute Gasteiger partial charge is 0.255 e. The summed E-state index contributed by atoms with van der Waals surface area (Å²) < 4.78 is 40.7. The molecule has 0 radical (unpaired) electrons. The van der Waals surface area contributed by atoms with E-state index in [4.69, 9.17) is 0 Å². The maximum Gasteiger partial charge on any atom is 0.255 e. The van der Waals surface area contributed by atoms with Crippen molar-refractivity contribution in [1.82, 2.24) is 9.71 Å². The molecule has 0 aliphatic carbocycles. The summed E-state index contributed by atoms with van der Waals surface area (Å²) in [5.41, 5.74) is 1.18. The molecule has 6 nitrogen and oxygen atoms in total. The van der Waals surface area contributed by atoms with Crippen LogP contribution >= 0.6 is 0 Å². The average Bonchev–Trinajstić information content (AvgIpc) is 2.67. The van der Waals surface area contributed by atoms with Crippen LogP contribution < -0.4 is 10.0 Å². The fourth-order valence-corrected chi connectivity index (χ4v) is 3.40. The predicted octanol–water partition coefficient (Wildman–Crippen LogP) is 2.95. The molecule has 0 spiro atoms. The Morgan fingerprint density at radius 2 is 1.74 bits per heavy atom. The zero-order valence-corrected chi connectivity index (χ0v) is 14.9. The summed E-state index contributed by atoms with van der Waals surface area (Å²) in [5.74, 6) is -1.02. The van der Waals surface area contributed by atoms with Gasteiger partial charge in [0.05, 0.1) is 4.90 Å². The second-order valence-corrected chi connectivity index (χ2v) is 7.44. The summed E-state index contributed by atoms with van der Waals surface area (Å²) in [5, 5.41) is 2.53. The van der Waals surface area contributed by atoms with Gasteiger partial charge in [-0.25, -0.2) is 17.5 Å². The first kappa shape index (κ1) is 18.7. The first-order chi connectivity index (χ1) is 12.9. The minimum Gasteiger partial charge on any atom is -0.322 e. The number of sulfonamides is 1. The lowest BCUT2D eigenvalue weighted by Gasteiger charge is -2.09. The molecule has 138 valence electrons. The highest BCUT2D eigenvalue weighted by atomic mass is 32.2. The van der Waals surface area contributed by atoms with Crippen LogP contribution in [0.1, 0.15) is 15.9 Å². The van der Waals surface area contributed by atoms with Crippen LogP contribution in [0.4, 0.5) is 10.1 Å². The van der Waals surface area contributed by atoms with E-state index in [2.05, 4.69) is 15.0 Å². The van der Waals surface area contributed by atoms with Crippen molar-refractivity contribution in [3.8, 4) is 0 Å². The Bertz CT molecular complexity index is 1060. The Labute approximate surface area is 156 Å². The Morgan fingerprint density at radius 3 is 2.48 bits per heavy atom. The molecule has 1 aromatic heterocycles. The van der Waals surface area contributed by atoms with Gasteiger partial charge in [0.25, 0.3) is 5.91 Å². The number of nitrogens with one attached hydrogen (secondary N) is 2. The van der Waals surface area contributed by atoms with Crippen molar-refractivity contribution in [2.45, 2.75) is 11.4 Å². The van der Waals surface area contributed by atoms with Gasteiger partial charge in [-0.05, 0) is 54.1 Å². The van der Waals surface area contributed by atoms with Gasteiger partial charge >= 0.3 is 0 Å². The van der Waals surface area contributed by atoms with E-state index < -0.39 is 21.7 Å². The maximum atomic E-state index is 13.2. The number of anilines is 1. The number of benzene rings is 2. The average molecular weight is 385 g/mol. The third kappa shape index (κ3) is 4.96. The molecule has 2 aromatic carbocycles. The molecule has 3 rings (SSSR count). The number of hydrogen-bond acceptors (Lipinski definition) is 4. The summed E-state index contributed by atoms with van der Waals surface area (Å²) >= 11 is 0. The molecular formula is C19H16FN3O3S.